The third-order valence-electron chi connectivity index (χ3n) is 3.03. The second-order valence-electron chi connectivity index (χ2n) is 5.06. The third-order valence-corrected chi connectivity index (χ3v) is 3.03. The molecular weight excluding hydrogens is 214 g/mol. The molecule has 0 aromatic heterocycles. The summed E-state index contributed by atoms with van der Waals surface area (Å²) in [4.78, 5) is 10.9. The predicted octanol–water partition coefficient (Wildman–Crippen LogP) is 2.45. The number of carboxylic acid groups (broad SMARTS) is 1. The van der Waals surface area contributed by atoms with E-state index in [0.29, 0.717) is 12.3 Å². The fourth-order valence-corrected chi connectivity index (χ4v) is 1.97. The van der Waals surface area contributed by atoms with E-state index in [4.69, 9.17) is 10.8 Å². The molecule has 0 aliphatic rings. The van der Waals surface area contributed by atoms with Gasteiger partial charge in [-0.3, -0.25) is 4.79 Å². The number of carbonyl (C=O) groups is 1. The van der Waals surface area contributed by atoms with Crippen LogP contribution in [-0.4, -0.2) is 16.6 Å². The van der Waals surface area contributed by atoms with Crippen LogP contribution in [0.3, 0.4) is 0 Å². The summed E-state index contributed by atoms with van der Waals surface area (Å²) in [5.41, 5.74) is 5.90. The fraction of sp³-hybridized carbons (Fsp3) is 0.500. The standard InChI is InChI=1S/C14H21NO2/c1-11(10-14(2,15)13(16)17)8-9-12-6-4-3-5-7-12/h3-7,11H,8-10,15H2,1-2H3,(H,16,17)/t11-,14+/m0/s1. The van der Waals surface area contributed by atoms with Gasteiger partial charge in [0, 0.05) is 0 Å². The lowest BCUT2D eigenvalue weighted by Crippen LogP contribution is -2.46. The lowest BCUT2D eigenvalue weighted by Gasteiger charge is -2.23. The molecule has 1 aromatic rings. The molecule has 0 saturated carbocycles. The number of carboxylic acids is 1. The highest BCUT2D eigenvalue weighted by Gasteiger charge is 2.29. The number of rotatable bonds is 6. The molecule has 17 heavy (non-hydrogen) atoms. The van der Waals surface area contributed by atoms with Gasteiger partial charge in [0.05, 0.1) is 0 Å². The minimum absolute atomic E-state index is 0.307. The minimum Gasteiger partial charge on any atom is -0.480 e. The molecule has 94 valence electrons. The van der Waals surface area contributed by atoms with Crippen LogP contribution < -0.4 is 5.73 Å². The van der Waals surface area contributed by atoms with Gasteiger partial charge in [-0.25, -0.2) is 0 Å². The summed E-state index contributed by atoms with van der Waals surface area (Å²) < 4.78 is 0. The summed E-state index contributed by atoms with van der Waals surface area (Å²) in [6, 6.07) is 10.2. The Bertz CT molecular complexity index is 360. The van der Waals surface area contributed by atoms with Crippen molar-refractivity contribution in [2.75, 3.05) is 0 Å². The summed E-state index contributed by atoms with van der Waals surface area (Å²) in [7, 11) is 0. The van der Waals surface area contributed by atoms with Gasteiger partial charge in [-0.2, -0.15) is 0 Å². The van der Waals surface area contributed by atoms with Crippen LogP contribution >= 0.6 is 0 Å². The number of hydrogen-bond donors (Lipinski definition) is 2. The maximum Gasteiger partial charge on any atom is 0.323 e. The van der Waals surface area contributed by atoms with Gasteiger partial charge in [0.2, 0.25) is 0 Å². The smallest absolute Gasteiger partial charge is 0.323 e. The van der Waals surface area contributed by atoms with Crippen LogP contribution in [-0.2, 0) is 11.2 Å². The maximum atomic E-state index is 10.9. The number of aliphatic carboxylic acids is 1. The van der Waals surface area contributed by atoms with E-state index in [1.54, 1.807) is 6.92 Å². The summed E-state index contributed by atoms with van der Waals surface area (Å²) >= 11 is 0. The summed E-state index contributed by atoms with van der Waals surface area (Å²) in [6.07, 6.45) is 2.44. The Morgan fingerprint density at radius 2 is 2.00 bits per heavy atom. The van der Waals surface area contributed by atoms with E-state index in [-0.39, 0.29) is 0 Å². The largest absolute Gasteiger partial charge is 0.480 e. The first-order chi connectivity index (χ1) is 7.92. The van der Waals surface area contributed by atoms with Crippen molar-refractivity contribution in [2.45, 2.75) is 38.6 Å². The van der Waals surface area contributed by atoms with Crippen LogP contribution in [0.15, 0.2) is 30.3 Å². The van der Waals surface area contributed by atoms with Crippen LogP contribution in [0.5, 0.6) is 0 Å². The average Bonchev–Trinajstić information content (AvgIpc) is 2.27. The molecule has 0 spiro atoms. The highest BCUT2D eigenvalue weighted by Crippen LogP contribution is 2.19. The van der Waals surface area contributed by atoms with E-state index in [9.17, 15) is 4.79 Å². The zero-order valence-corrected chi connectivity index (χ0v) is 10.5. The van der Waals surface area contributed by atoms with Crippen molar-refractivity contribution in [1.82, 2.24) is 0 Å². The van der Waals surface area contributed by atoms with Crippen molar-refractivity contribution in [3.63, 3.8) is 0 Å². The summed E-state index contributed by atoms with van der Waals surface area (Å²) in [5, 5.41) is 8.95. The number of hydrogen-bond acceptors (Lipinski definition) is 2. The highest BCUT2D eigenvalue weighted by atomic mass is 16.4. The second kappa shape index (κ2) is 5.82. The van der Waals surface area contributed by atoms with Gasteiger partial charge in [0.15, 0.2) is 0 Å². The molecule has 1 aromatic carbocycles. The Balaban J connectivity index is 2.41. The van der Waals surface area contributed by atoms with Crippen molar-refractivity contribution >= 4 is 5.97 Å². The van der Waals surface area contributed by atoms with Gasteiger partial charge in [-0.05, 0) is 37.7 Å². The Kier molecular flexibility index (Phi) is 4.70. The molecule has 1 rings (SSSR count). The lowest BCUT2D eigenvalue weighted by molar-refractivity contribution is -0.143. The number of benzene rings is 1. The Hall–Kier alpha value is -1.35. The van der Waals surface area contributed by atoms with Crippen molar-refractivity contribution in [1.29, 1.82) is 0 Å². The first-order valence-electron chi connectivity index (χ1n) is 5.98. The van der Waals surface area contributed by atoms with Crippen LogP contribution in [0.4, 0.5) is 0 Å². The SMILES string of the molecule is C[C@@H](CCc1ccccc1)C[C@@](C)(N)C(=O)O. The van der Waals surface area contributed by atoms with E-state index in [1.807, 2.05) is 18.2 Å². The van der Waals surface area contributed by atoms with Gasteiger partial charge in [0.25, 0.3) is 0 Å². The molecule has 0 amide bonds. The molecule has 0 bridgehead atoms. The van der Waals surface area contributed by atoms with Crippen molar-refractivity contribution in [3.8, 4) is 0 Å². The summed E-state index contributed by atoms with van der Waals surface area (Å²) in [6.45, 7) is 3.63. The fourth-order valence-electron chi connectivity index (χ4n) is 1.97. The Morgan fingerprint density at radius 3 is 2.53 bits per heavy atom. The Labute approximate surface area is 103 Å². The first-order valence-corrected chi connectivity index (χ1v) is 5.98. The van der Waals surface area contributed by atoms with Crippen LogP contribution in [0.25, 0.3) is 0 Å². The molecule has 0 radical (unpaired) electrons. The number of nitrogens with two attached hydrogens (primary N) is 1. The van der Waals surface area contributed by atoms with E-state index >= 15 is 0 Å². The first kappa shape index (κ1) is 13.7. The molecule has 0 unspecified atom stereocenters. The molecule has 0 aliphatic heterocycles. The zero-order chi connectivity index (χ0) is 12.9. The van der Waals surface area contributed by atoms with E-state index < -0.39 is 11.5 Å². The normalized spacial score (nSPS) is 16.2. The molecule has 0 aliphatic carbocycles. The quantitative estimate of drug-likeness (QED) is 0.796. The second-order valence-corrected chi connectivity index (χ2v) is 5.06. The van der Waals surface area contributed by atoms with Gasteiger partial charge >= 0.3 is 5.97 Å². The number of aryl methyl sites for hydroxylation is 1. The molecule has 3 heteroatoms. The topological polar surface area (TPSA) is 63.3 Å². The molecule has 2 atom stereocenters. The third kappa shape index (κ3) is 4.57. The molecular formula is C14H21NO2. The molecule has 3 nitrogen and oxygen atoms in total. The molecule has 0 saturated heterocycles. The Morgan fingerprint density at radius 1 is 1.41 bits per heavy atom. The van der Waals surface area contributed by atoms with E-state index in [1.165, 1.54) is 5.56 Å². The summed E-state index contributed by atoms with van der Waals surface area (Å²) in [5.74, 6) is -0.620. The maximum absolute atomic E-state index is 10.9. The minimum atomic E-state index is -1.11. The van der Waals surface area contributed by atoms with Gasteiger partial charge in [0.1, 0.15) is 5.54 Å². The monoisotopic (exact) mass is 235 g/mol. The van der Waals surface area contributed by atoms with Crippen molar-refractivity contribution in [3.05, 3.63) is 35.9 Å². The molecule has 0 fully saturated rings. The van der Waals surface area contributed by atoms with Gasteiger partial charge < -0.3 is 10.8 Å². The molecule has 3 N–H and O–H groups in total. The van der Waals surface area contributed by atoms with E-state index in [0.717, 1.165) is 12.8 Å². The zero-order valence-electron chi connectivity index (χ0n) is 10.5. The van der Waals surface area contributed by atoms with Gasteiger partial charge in [-0.1, -0.05) is 37.3 Å². The average molecular weight is 235 g/mol. The van der Waals surface area contributed by atoms with Crippen LogP contribution in [0.1, 0.15) is 32.3 Å². The van der Waals surface area contributed by atoms with Crippen LogP contribution in [0.2, 0.25) is 0 Å². The van der Waals surface area contributed by atoms with Crippen molar-refractivity contribution < 1.29 is 9.90 Å². The lowest BCUT2D eigenvalue weighted by atomic mass is 9.87. The predicted molar refractivity (Wildman–Crippen MR) is 68.8 cm³/mol. The molecule has 0 heterocycles. The van der Waals surface area contributed by atoms with E-state index in [2.05, 4.69) is 19.1 Å². The van der Waals surface area contributed by atoms with Crippen molar-refractivity contribution in [2.24, 2.45) is 11.7 Å². The van der Waals surface area contributed by atoms with Gasteiger partial charge in [-0.15, -0.1) is 0 Å². The highest BCUT2D eigenvalue weighted by molar-refractivity contribution is 5.77. The van der Waals surface area contributed by atoms with Crippen LogP contribution in [0, 0.1) is 5.92 Å².